The lowest BCUT2D eigenvalue weighted by atomic mass is 10.0. The Kier molecular flexibility index (Phi) is 5.57. The Bertz CT molecular complexity index is 550. The molecule has 0 amide bonds. The smallest absolute Gasteiger partial charge is 0.202 e. The molecule has 0 aliphatic carbocycles. The van der Waals surface area contributed by atoms with Crippen molar-refractivity contribution in [3.8, 4) is 0 Å². The molecule has 0 aromatic heterocycles. The largest absolute Gasteiger partial charge is 0.333 e. The fraction of sp³-hybridized carbons (Fsp3) is 0.471. The Balaban J connectivity index is 2.01. The van der Waals surface area contributed by atoms with Gasteiger partial charge in [0.2, 0.25) is 5.96 Å². The van der Waals surface area contributed by atoms with E-state index in [0.717, 1.165) is 31.5 Å². The maximum atomic E-state index is 6.37. The van der Waals surface area contributed by atoms with Crippen LogP contribution in [-0.2, 0) is 6.42 Å². The molecular formula is C17H27N5. The predicted molar refractivity (Wildman–Crippen MR) is 93.9 cm³/mol. The molecule has 1 heterocycles. The molecule has 5 heteroatoms. The van der Waals surface area contributed by atoms with Crippen LogP contribution < -0.4 is 16.4 Å². The lowest BCUT2D eigenvalue weighted by Gasteiger charge is -2.27. The topological polar surface area (TPSA) is 65.7 Å². The minimum atomic E-state index is -0.633. The van der Waals surface area contributed by atoms with E-state index in [1.54, 1.807) is 0 Å². The van der Waals surface area contributed by atoms with Gasteiger partial charge in [0.25, 0.3) is 0 Å². The highest BCUT2D eigenvalue weighted by atomic mass is 15.2. The third-order valence-electron chi connectivity index (χ3n) is 3.69. The molecule has 0 saturated heterocycles. The van der Waals surface area contributed by atoms with Crippen molar-refractivity contribution in [1.82, 2.24) is 10.2 Å². The molecule has 4 N–H and O–H groups in total. The van der Waals surface area contributed by atoms with Gasteiger partial charge in [0.1, 0.15) is 5.66 Å². The molecule has 120 valence electrons. The van der Waals surface area contributed by atoms with Crippen molar-refractivity contribution >= 4 is 11.6 Å². The highest BCUT2D eigenvalue weighted by Crippen LogP contribution is 2.17. The summed E-state index contributed by atoms with van der Waals surface area (Å²) < 4.78 is 0. The molecular weight excluding hydrogens is 274 g/mol. The SMILES string of the molecule is CCc1cccc(NC2=NC(N)(CCCN(C)C)C=CN2)c1. The first-order valence-corrected chi connectivity index (χ1v) is 7.84. The summed E-state index contributed by atoms with van der Waals surface area (Å²) >= 11 is 0. The summed E-state index contributed by atoms with van der Waals surface area (Å²) in [6.45, 7) is 3.16. The van der Waals surface area contributed by atoms with Gasteiger partial charge in [0, 0.05) is 11.9 Å². The molecule has 1 aliphatic heterocycles. The minimum Gasteiger partial charge on any atom is -0.333 e. The van der Waals surface area contributed by atoms with Crippen molar-refractivity contribution < 1.29 is 0 Å². The van der Waals surface area contributed by atoms with Gasteiger partial charge in [-0.25, -0.2) is 4.99 Å². The highest BCUT2D eigenvalue weighted by molar-refractivity contribution is 5.95. The van der Waals surface area contributed by atoms with Crippen LogP contribution in [0.1, 0.15) is 25.3 Å². The summed E-state index contributed by atoms with van der Waals surface area (Å²) in [5, 5.41) is 6.43. The minimum absolute atomic E-state index is 0.633. The van der Waals surface area contributed by atoms with Crippen LogP contribution in [0.5, 0.6) is 0 Å². The van der Waals surface area contributed by atoms with Gasteiger partial charge in [-0.1, -0.05) is 19.1 Å². The van der Waals surface area contributed by atoms with Crippen LogP contribution in [0.4, 0.5) is 5.69 Å². The van der Waals surface area contributed by atoms with E-state index in [0.29, 0.717) is 5.96 Å². The summed E-state index contributed by atoms with van der Waals surface area (Å²) in [6, 6.07) is 8.33. The summed E-state index contributed by atoms with van der Waals surface area (Å²) in [5.74, 6) is 0.697. The summed E-state index contributed by atoms with van der Waals surface area (Å²) in [6.07, 6.45) is 6.64. The van der Waals surface area contributed by atoms with E-state index in [9.17, 15) is 0 Å². The summed E-state index contributed by atoms with van der Waals surface area (Å²) in [4.78, 5) is 6.79. The number of nitrogens with one attached hydrogen (secondary N) is 2. The third kappa shape index (κ3) is 4.86. The number of aryl methyl sites for hydroxylation is 1. The maximum absolute atomic E-state index is 6.37. The molecule has 1 aromatic carbocycles. The Morgan fingerprint density at radius 2 is 2.18 bits per heavy atom. The second-order valence-electron chi connectivity index (χ2n) is 6.02. The molecule has 1 atom stereocenters. The van der Waals surface area contributed by atoms with Crippen molar-refractivity contribution in [2.75, 3.05) is 26.0 Å². The number of guanidine groups is 1. The first-order valence-electron chi connectivity index (χ1n) is 7.84. The van der Waals surface area contributed by atoms with Crippen LogP contribution in [0.25, 0.3) is 0 Å². The first kappa shape index (κ1) is 16.5. The molecule has 0 spiro atoms. The molecule has 5 nitrogen and oxygen atoms in total. The quantitative estimate of drug-likeness (QED) is 0.753. The zero-order valence-corrected chi connectivity index (χ0v) is 13.8. The Hall–Kier alpha value is -1.85. The Labute approximate surface area is 133 Å². The van der Waals surface area contributed by atoms with E-state index in [4.69, 9.17) is 5.73 Å². The molecule has 1 aromatic rings. The molecule has 1 aliphatic rings. The number of nitrogens with two attached hydrogens (primary N) is 1. The van der Waals surface area contributed by atoms with Crippen molar-refractivity contribution in [2.24, 2.45) is 10.7 Å². The normalized spacial score (nSPS) is 20.7. The van der Waals surface area contributed by atoms with Gasteiger partial charge in [-0.15, -0.1) is 0 Å². The molecule has 2 rings (SSSR count). The predicted octanol–water partition coefficient (Wildman–Crippen LogP) is 2.13. The molecule has 0 radical (unpaired) electrons. The first-order chi connectivity index (χ1) is 10.5. The van der Waals surface area contributed by atoms with Gasteiger partial charge < -0.3 is 21.3 Å². The van der Waals surface area contributed by atoms with Gasteiger partial charge in [0.05, 0.1) is 0 Å². The summed E-state index contributed by atoms with van der Waals surface area (Å²) in [7, 11) is 4.14. The fourth-order valence-corrected chi connectivity index (χ4v) is 2.43. The lowest BCUT2D eigenvalue weighted by Crippen LogP contribution is -2.44. The van der Waals surface area contributed by atoms with Crippen LogP contribution in [0.3, 0.4) is 0 Å². The average Bonchev–Trinajstić information content (AvgIpc) is 2.47. The van der Waals surface area contributed by atoms with Gasteiger partial charge in [-0.3, -0.25) is 0 Å². The lowest BCUT2D eigenvalue weighted by molar-refractivity contribution is 0.367. The van der Waals surface area contributed by atoms with Crippen molar-refractivity contribution in [2.45, 2.75) is 31.8 Å². The van der Waals surface area contributed by atoms with Crippen LogP contribution in [-0.4, -0.2) is 37.2 Å². The highest BCUT2D eigenvalue weighted by Gasteiger charge is 2.23. The second kappa shape index (κ2) is 7.42. The third-order valence-corrected chi connectivity index (χ3v) is 3.69. The van der Waals surface area contributed by atoms with Gasteiger partial charge in [-0.2, -0.15) is 0 Å². The van der Waals surface area contributed by atoms with E-state index in [2.05, 4.69) is 53.7 Å². The molecule has 1 unspecified atom stereocenters. The average molecular weight is 301 g/mol. The number of rotatable bonds is 6. The molecule has 0 saturated carbocycles. The van der Waals surface area contributed by atoms with E-state index < -0.39 is 5.66 Å². The second-order valence-corrected chi connectivity index (χ2v) is 6.02. The van der Waals surface area contributed by atoms with Crippen LogP contribution >= 0.6 is 0 Å². The van der Waals surface area contributed by atoms with E-state index in [-0.39, 0.29) is 0 Å². The van der Waals surface area contributed by atoms with Crippen molar-refractivity contribution in [3.63, 3.8) is 0 Å². The van der Waals surface area contributed by atoms with Gasteiger partial charge in [0.15, 0.2) is 0 Å². The van der Waals surface area contributed by atoms with Crippen LogP contribution in [0.2, 0.25) is 0 Å². The molecule has 0 bridgehead atoms. The van der Waals surface area contributed by atoms with Gasteiger partial charge in [-0.05, 0) is 63.7 Å². The monoisotopic (exact) mass is 301 g/mol. The zero-order chi connectivity index (χ0) is 16.0. The van der Waals surface area contributed by atoms with E-state index >= 15 is 0 Å². The maximum Gasteiger partial charge on any atom is 0.202 e. The van der Waals surface area contributed by atoms with Gasteiger partial charge >= 0.3 is 0 Å². The number of nitrogens with zero attached hydrogens (tertiary/aromatic N) is 2. The Morgan fingerprint density at radius 3 is 2.91 bits per heavy atom. The fourth-order valence-electron chi connectivity index (χ4n) is 2.43. The van der Waals surface area contributed by atoms with E-state index in [1.807, 2.05) is 24.4 Å². The molecule has 22 heavy (non-hydrogen) atoms. The Morgan fingerprint density at radius 1 is 1.36 bits per heavy atom. The number of anilines is 1. The standard InChI is InChI=1S/C17H27N5/c1-4-14-7-5-8-15(13-14)20-16-19-11-10-17(18,21-16)9-6-12-22(2)3/h5,7-8,10-11,13H,4,6,9,12,18H2,1-3H3,(H2,19,20,21). The van der Waals surface area contributed by atoms with E-state index in [1.165, 1.54) is 5.56 Å². The number of hydrogen-bond acceptors (Lipinski definition) is 5. The van der Waals surface area contributed by atoms with Crippen molar-refractivity contribution in [3.05, 3.63) is 42.1 Å². The number of hydrogen-bond donors (Lipinski definition) is 3. The molecule has 0 fully saturated rings. The summed E-state index contributed by atoms with van der Waals surface area (Å²) in [5.41, 5.74) is 8.06. The van der Waals surface area contributed by atoms with Crippen LogP contribution in [0, 0.1) is 0 Å². The van der Waals surface area contributed by atoms with Crippen molar-refractivity contribution in [1.29, 1.82) is 0 Å². The van der Waals surface area contributed by atoms with Crippen LogP contribution in [0.15, 0.2) is 41.5 Å². The zero-order valence-electron chi connectivity index (χ0n) is 13.8. The number of aliphatic imine (C=N–C) groups is 1. The number of benzene rings is 1.